The summed E-state index contributed by atoms with van der Waals surface area (Å²) in [6, 6.07) is 2.51. The average Bonchev–Trinajstić information content (AvgIpc) is 3.04. The monoisotopic (exact) mass is 457 g/mol. The minimum absolute atomic E-state index is 0.0207. The minimum atomic E-state index is -4.86. The quantitative estimate of drug-likeness (QED) is 0.530. The van der Waals surface area contributed by atoms with E-state index >= 15 is 0 Å². The van der Waals surface area contributed by atoms with Crippen molar-refractivity contribution in [3.63, 3.8) is 0 Å². The van der Waals surface area contributed by atoms with E-state index in [1.807, 2.05) is 0 Å². The maximum absolute atomic E-state index is 12.7. The Morgan fingerprint density at radius 3 is 2.56 bits per heavy atom. The van der Waals surface area contributed by atoms with Gasteiger partial charge in [0, 0.05) is 24.4 Å². The Kier molecular flexibility index (Phi) is 7.22. The van der Waals surface area contributed by atoms with Gasteiger partial charge >= 0.3 is 13.0 Å². The van der Waals surface area contributed by atoms with Crippen molar-refractivity contribution in [2.75, 3.05) is 0 Å². The molecule has 0 saturated heterocycles. The number of nitrogens with one attached hydrogen (secondary N) is 1. The molecule has 1 saturated carbocycles. The Bertz CT molecular complexity index is 1010. The lowest BCUT2D eigenvalue weighted by Crippen LogP contribution is -2.40. The lowest BCUT2D eigenvalue weighted by atomic mass is 10.1. The summed E-state index contributed by atoms with van der Waals surface area (Å²) in [5.41, 5.74) is 0.329. The van der Waals surface area contributed by atoms with Crippen LogP contribution in [-0.2, 0) is 4.74 Å². The molecule has 0 radical (unpaired) electrons. The second kappa shape index (κ2) is 9.88. The van der Waals surface area contributed by atoms with Crippen LogP contribution >= 0.6 is 0 Å². The van der Waals surface area contributed by atoms with Crippen molar-refractivity contribution in [3.8, 4) is 17.6 Å². The summed E-state index contributed by atoms with van der Waals surface area (Å²) in [6.45, 7) is -3.13. The zero-order valence-corrected chi connectivity index (χ0v) is 16.1. The van der Waals surface area contributed by atoms with Gasteiger partial charge in [0.2, 0.25) is 0 Å². The number of rotatable bonds is 5. The molecule has 3 rings (SSSR count). The lowest BCUT2D eigenvalue weighted by molar-refractivity contribution is -0.342. The molecule has 2 N–H and O–H groups in total. The highest BCUT2D eigenvalue weighted by molar-refractivity contribution is 5.95. The first-order chi connectivity index (χ1) is 15.1. The third kappa shape index (κ3) is 6.60. The van der Waals surface area contributed by atoms with Crippen molar-refractivity contribution in [1.82, 2.24) is 15.3 Å². The van der Waals surface area contributed by atoms with E-state index in [4.69, 9.17) is 0 Å². The van der Waals surface area contributed by atoms with Crippen LogP contribution in [0.5, 0.6) is 5.75 Å². The molecular formula is C20H16F5N3O4. The molecule has 32 heavy (non-hydrogen) atoms. The Morgan fingerprint density at radius 1 is 1.19 bits per heavy atom. The number of ether oxygens (including phenoxy) is 2. The molecule has 1 heterocycles. The zero-order valence-electron chi connectivity index (χ0n) is 16.1. The van der Waals surface area contributed by atoms with Crippen molar-refractivity contribution in [3.05, 3.63) is 53.6 Å². The molecule has 12 heteroatoms. The fourth-order valence-electron chi connectivity index (χ4n) is 3.13. The van der Waals surface area contributed by atoms with E-state index in [0.29, 0.717) is 5.56 Å². The van der Waals surface area contributed by atoms with E-state index in [1.54, 1.807) is 0 Å². The number of alkyl halides is 5. The van der Waals surface area contributed by atoms with E-state index in [-0.39, 0.29) is 29.7 Å². The van der Waals surface area contributed by atoms with Gasteiger partial charge in [-0.3, -0.25) is 9.53 Å². The first-order valence-electron chi connectivity index (χ1n) is 9.20. The molecular weight excluding hydrogens is 441 g/mol. The summed E-state index contributed by atoms with van der Waals surface area (Å²) in [5.74, 6) is 4.24. The van der Waals surface area contributed by atoms with Crippen LogP contribution in [0.3, 0.4) is 0 Å². The highest BCUT2D eigenvalue weighted by atomic mass is 19.4. The molecule has 1 fully saturated rings. The molecule has 1 amide bonds. The molecule has 1 aliphatic carbocycles. The van der Waals surface area contributed by atoms with Crippen molar-refractivity contribution in [1.29, 1.82) is 0 Å². The molecule has 170 valence electrons. The maximum Gasteiger partial charge on any atom is 0.522 e. The van der Waals surface area contributed by atoms with E-state index in [2.05, 4.69) is 36.6 Å². The summed E-state index contributed by atoms with van der Waals surface area (Å²) in [7, 11) is 0. The predicted octanol–water partition coefficient (Wildman–Crippen LogP) is 2.64. The summed E-state index contributed by atoms with van der Waals surface area (Å²) >= 11 is 0. The fourth-order valence-corrected chi connectivity index (χ4v) is 3.13. The van der Waals surface area contributed by atoms with Crippen LogP contribution < -0.4 is 10.1 Å². The first-order valence-corrected chi connectivity index (χ1v) is 9.20. The minimum Gasteiger partial charge on any atom is -0.434 e. The van der Waals surface area contributed by atoms with Crippen LogP contribution in [0.25, 0.3) is 0 Å². The Balaban J connectivity index is 1.77. The fraction of sp³-hybridized carbons (Fsp3) is 0.350. The van der Waals surface area contributed by atoms with Gasteiger partial charge in [0.1, 0.15) is 12.1 Å². The number of aliphatic hydroxyl groups is 1. The molecule has 0 aliphatic heterocycles. The van der Waals surface area contributed by atoms with Crippen molar-refractivity contribution < 1.29 is 41.3 Å². The number of carbonyl (C=O) groups excluding carboxylic acids is 1. The smallest absolute Gasteiger partial charge is 0.434 e. The number of halogens is 5. The summed E-state index contributed by atoms with van der Waals surface area (Å²) in [4.78, 5) is 20.1. The zero-order chi connectivity index (χ0) is 23.3. The van der Waals surface area contributed by atoms with Crippen LogP contribution in [0.1, 0.15) is 34.3 Å². The topological polar surface area (TPSA) is 93.6 Å². The third-order valence-electron chi connectivity index (χ3n) is 4.46. The molecule has 2 aromatic rings. The van der Waals surface area contributed by atoms with Gasteiger partial charge in [-0.2, -0.15) is 8.78 Å². The van der Waals surface area contributed by atoms with Gasteiger partial charge in [-0.25, -0.2) is 9.97 Å². The van der Waals surface area contributed by atoms with Crippen LogP contribution in [-0.4, -0.2) is 52.2 Å². The molecule has 0 unspecified atom stereocenters. The Morgan fingerprint density at radius 2 is 1.91 bits per heavy atom. The Hall–Kier alpha value is -3.30. The lowest BCUT2D eigenvalue weighted by Gasteiger charge is -2.17. The van der Waals surface area contributed by atoms with E-state index in [0.717, 1.165) is 6.07 Å². The maximum atomic E-state index is 12.7. The van der Waals surface area contributed by atoms with Crippen LogP contribution in [0.4, 0.5) is 22.0 Å². The third-order valence-corrected chi connectivity index (χ3v) is 4.46. The van der Waals surface area contributed by atoms with Crippen molar-refractivity contribution >= 4 is 5.91 Å². The van der Waals surface area contributed by atoms with E-state index in [1.165, 1.54) is 30.9 Å². The number of aliphatic hydroxyl groups excluding tert-OH is 1. The highest BCUT2D eigenvalue weighted by Gasteiger charge is 2.41. The molecule has 1 aromatic carbocycles. The van der Waals surface area contributed by atoms with Crippen LogP contribution in [0.2, 0.25) is 0 Å². The van der Waals surface area contributed by atoms with Crippen molar-refractivity contribution in [2.24, 2.45) is 0 Å². The van der Waals surface area contributed by atoms with E-state index in [9.17, 15) is 31.9 Å². The van der Waals surface area contributed by atoms with Gasteiger partial charge in [-0.15, -0.1) is 13.2 Å². The normalized spacial score (nSPS) is 20.5. The second-order valence-electron chi connectivity index (χ2n) is 6.77. The number of amides is 1. The summed E-state index contributed by atoms with van der Waals surface area (Å²) in [5, 5.41) is 12.4. The summed E-state index contributed by atoms with van der Waals surface area (Å²) in [6.07, 6.45) is -3.89. The van der Waals surface area contributed by atoms with Gasteiger partial charge in [0.05, 0.1) is 29.4 Å². The number of aromatic nitrogens is 2. The number of benzene rings is 1. The standard InChI is InChI=1S/C20H16F5N3O4/c21-19(22)31-17-4-3-13(5-12(17)2-1-11-8-26-10-27-9-11)18(30)28-15-6-14(7-16(15)29)32-20(23,24)25/h3-5,8-10,14-16,19,29H,6-7H2,(H,28,30)/t14-,15-,16-/m0/s1. The first kappa shape index (κ1) is 23.4. The summed E-state index contributed by atoms with van der Waals surface area (Å²) < 4.78 is 70.9. The van der Waals surface area contributed by atoms with Gasteiger partial charge in [0.25, 0.3) is 5.91 Å². The van der Waals surface area contributed by atoms with Gasteiger partial charge in [-0.05, 0) is 24.6 Å². The number of nitrogens with zero attached hydrogens (tertiary/aromatic N) is 2. The Labute approximate surface area is 178 Å². The van der Waals surface area contributed by atoms with Gasteiger partial charge in [-0.1, -0.05) is 11.8 Å². The van der Waals surface area contributed by atoms with E-state index < -0.39 is 37.1 Å². The number of hydrogen-bond acceptors (Lipinski definition) is 6. The SMILES string of the molecule is O=C(N[C@H]1C[C@H](OC(F)(F)F)C[C@@H]1O)c1ccc(OC(F)F)c(C#Cc2cncnc2)c1. The van der Waals surface area contributed by atoms with Crippen LogP contribution in [0.15, 0.2) is 36.9 Å². The average molecular weight is 457 g/mol. The molecule has 0 bridgehead atoms. The number of hydrogen-bond donors (Lipinski definition) is 2. The second-order valence-corrected chi connectivity index (χ2v) is 6.77. The largest absolute Gasteiger partial charge is 0.522 e. The van der Waals surface area contributed by atoms with Gasteiger partial charge < -0.3 is 15.2 Å². The van der Waals surface area contributed by atoms with Gasteiger partial charge in [0.15, 0.2) is 0 Å². The molecule has 0 spiro atoms. The molecule has 1 aliphatic rings. The molecule has 3 atom stereocenters. The van der Waals surface area contributed by atoms with Crippen molar-refractivity contribution in [2.45, 2.75) is 44.1 Å². The molecule has 7 nitrogen and oxygen atoms in total. The predicted molar refractivity (Wildman–Crippen MR) is 98.5 cm³/mol. The number of carbonyl (C=O) groups is 1. The highest BCUT2D eigenvalue weighted by Crippen LogP contribution is 2.30. The van der Waals surface area contributed by atoms with Crippen LogP contribution in [0, 0.1) is 11.8 Å². The molecule has 1 aromatic heterocycles.